The van der Waals surface area contributed by atoms with Crippen LogP contribution in [0.4, 0.5) is 5.69 Å². The number of ketones is 1. The van der Waals surface area contributed by atoms with Gasteiger partial charge in [0.25, 0.3) is 0 Å². The Balaban J connectivity index is 1.51. The Morgan fingerprint density at radius 3 is 2.69 bits per heavy atom. The number of fused-ring (bicyclic) bond motifs is 1. The third-order valence-corrected chi connectivity index (χ3v) is 6.40. The van der Waals surface area contributed by atoms with Gasteiger partial charge < -0.3 is 14.2 Å². The lowest BCUT2D eigenvalue weighted by Crippen LogP contribution is -2.23. The number of amides is 1. The van der Waals surface area contributed by atoms with Crippen molar-refractivity contribution in [3.05, 3.63) is 53.6 Å². The van der Waals surface area contributed by atoms with E-state index in [9.17, 15) is 14.4 Å². The molecule has 0 bridgehead atoms. The van der Waals surface area contributed by atoms with Crippen molar-refractivity contribution in [2.24, 2.45) is 0 Å². The fourth-order valence-corrected chi connectivity index (χ4v) is 4.82. The van der Waals surface area contributed by atoms with Gasteiger partial charge in [0, 0.05) is 30.8 Å². The molecule has 1 saturated heterocycles. The molecule has 166 valence electrons. The lowest BCUT2D eigenvalue weighted by Gasteiger charge is -2.16. The Kier molecular flexibility index (Phi) is 6.60. The van der Waals surface area contributed by atoms with Crippen LogP contribution in [0.2, 0.25) is 0 Å². The second-order valence-corrected chi connectivity index (χ2v) is 8.42. The summed E-state index contributed by atoms with van der Waals surface area (Å²) in [6.45, 7) is 5.49. The quantitative estimate of drug-likeness (QED) is 0.288. The third kappa shape index (κ3) is 4.41. The zero-order valence-electron chi connectivity index (χ0n) is 18.2. The fraction of sp³-hybridized carbons (Fsp3) is 0.333. The Morgan fingerprint density at radius 1 is 1.12 bits per heavy atom. The van der Waals surface area contributed by atoms with E-state index in [0.717, 1.165) is 22.8 Å². The van der Waals surface area contributed by atoms with Crippen LogP contribution in [0.1, 0.15) is 47.4 Å². The van der Waals surface area contributed by atoms with Gasteiger partial charge in [0.05, 0.1) is 29.0 Å². The molecule has 32 heavy (non-hydrogen) atoms. The standard InChI is InChI=1S/C24H25N3O4S/c1-3-26-20-11-10-17(23(30)31-4-2)14-19(20)25-24(26)32-15-21(28)16-7-5-8-18(13-16)27-12-6-9-22(27)29/h5,7-8,10-11,13-14H,3-4,6,9,12,15H2,1-2H3. The molecule has 4 rings (SSSR count). The maximum Gasteiger partial charge on any atom is 0.338 e. The summed E-state index contributed by atoms with van der Waals surface area (Å²) in [5.41, 5.74) is 3.42. The minimum atomic E-state index is -0.374. The number of carbonyl (C=O) groups excluding carboxylic acids is 3. The van der Waals surface area contributed by atoms with E-state index in [1.165, 1.54) is 11.8 Å². The van der Waals surface area contributed by atoms with Crippen LogP contribution in [0.15, 0.2) is 47.6 Å². The number of Topliss-reactive ketones (excluding diaryl/α,β-unsaturated/α-hetero) is 1. The number of esters is 1. The highest BCUT2D eigenvalue weighted by Gasteiger charge is 2.22. The smallest absolute Gasteiger partial charge is 0.338 e. The zero-order valence-corrected chi connectivity index (χ0v) is 19.0. The molecule has 0 unspecified atom stereocenters. The predicted octanol–water partition coefficient (Wildman–Crippen LogP) is 4.33. The van der Waals surface area contributed by atoms with Gasteiger partial charge in [-0.25, -0.2) is 9.78 Å². The number of hydrogen-bond donors (Lipinski definition) is 0. The first kappa shape index (κ1) is 22.1. The zero-order chi connectivity index (χ0) is 22.7. The normalized spacial score (nSPS) is 13.7. The van der Waals surface area contributed by atoms with Crippen LogP contribution < -0.4 is 4.90 Å². The molecule has 0 saturated carbocycles. The lowest BCUT2D eigenvalue weighted by atomic mass is 10.1. The molecule has 1 fully saturated rings. The number of rotatable bonds is 8. The van der Waals surface area contributed by atoms with Crippen molar-refractivity contribution in [1.82, 2.24) is 9.55 Å². The summed E-state index contributed by atoms with van der Waals surface area (Å²) in [6, 6.07) is 12.6. The topological polar surface area (TPSA) is 81.5 Å². The van der Waals surface area contributed by atoms with Gasteiger partial charge in [-0.3, -0.25) is 9.59 Å². The lowest BCUT2D eigenvalue weighted by molar-refractivity contribution is -0.117. The Morgan fingerprint density at radius 2 is 1.97 bits per heavy atom. The SMILES string of the molecule is CCOC(=O)c1ccc2c(c1)nc(SCC(=O)c1cccc(N3CCCC3=O)c1)n2CC. The number of ether oxygens (including phenoxy) is 1. The van der Waals surface area contributed by atoms with Crippen molar-refractivity contribution in [3.8, 4) is 0 Å². The van der Waals surface area contributed by atoms with E-state index in [2.05, 4.69) is 4.98 Å². The molecule has 0 atom stereocenters. The number of aryl methyl sites for hydroxylation is 1. The van der Waals surface area contributed by atoms with Gasteiger partial charge in [-0.15, -0.1) is 0 Å². The maximum absolute atomic E-state index is 12.9. The van der Waals surface area contributed by atoms with Gasteiger partial charge in [-0.05, 0) is 50.6 Å². The Bertz CT molecular complexity index is 1190. The summed E-state index contributed by atoms with van der Waals surface area (Å²) in [5.74, 6) is -0.0692. The monoisotopic (exact) mass is 451 g/mol. The summed E-state index contributed by atoms with van der Waals surface area (Å²) in [6.07, 6.45) is 1.40. The highest BCUT2D eigenvalue weighted by molar-refractivity contribution is 7.99. The van der Waals surface area contributed by atoms with Crippen LogP contribution in [0.25, 0.3) is 11.0 Å². The molecule has 3 aromatic rings. The molecular formula is C24H25N3O4S. The van der Waals surface area contributed by atoms with Crippen LogP contribution in [0.3, 0.4) is 0 Å². The molecule has 7 nitrogen and oxygen atoms in total. The highest BCUT2D eigenvalue weighted by Crippen LogP contribution is 2.27. The summed E-state index contributed by atoms with van der Waals surface area (Å²) < 4.78 is 7.10. The molecule has 0 aliphatic carbocycles. The van der Waals surface area contributed by atoms with Crippen molar-refractivity contribution in [3.63, 3.8) is 0 Å². The number of benzene rings is 2. The van der Waals surface area contributed by atoms with E-state index in [1.54, 1.807) is 36.1 Å². The van der Waals surface area contributed by atoms with E-state index in [-0.39, 0.29) is 23.4 Å². The van der Waals surface area contributed by atoms with E-state index < -0.39 is 0 Å². The van der Waals surface area contributed by atoms with Gasteiger partial charge in [0.1, 0.15) is 0 Å². The number of anilines is 1. The third-order valence-electron chi connectivity index (χ3n) is 5.43. The number of thioether (sulfide) groups is 1. The molecule has 8 heteroatoms. The van der Waals surface area contributed by atoms with Crippen molar-refractivity contribution in [2.75, 3.05) is 23.8 Å². The molecule has 1 aromatic heterocycles. The molecule has 1 amide bonds. The Hall–Kier alpha value is -3.13. The molecule has 0 spiro atoms. The van der Waals surface area contributed by atoms with E-state index >= 15 is 0 Å². The maximum atomic E-state index is 12.9. The van der Waals surface area contributed by atoms with Crippen molar-refractivity contribution in [2.45, 2.75) is 38.4 Å². The van der Waals surface area contributed by atoms with Crippen molar-refractivity contribution < 1.29 is 19.1 Å². The van der Waals surface area contributed by atoms with Crippen molar-refractivity contribution >= 4 is 46.1 Å². The second kappa shape index (κ2) is 9.56. The fourth-order valence-electron chi connectivity index (χ4n) is 3.85. The molecule has 0 radical (unpaired) electrons. The summed E-state index contributed by atoms with van der Waals surface area (Å²) >= 11 is 1.37. The largest absolute Gasteiger partial charge is 0.462 e. The van der Waals surface area contributed by atoms with Gasteiger partial charge >= 0.3 is 5.97 Å². The first-order valence-electron chi connectivity index (χ1n) is 10.8. The molecule has 2 heterocycles. The van der Waals surface area contributed by atoms with Gasteiger partial charge in [-0.2, -0.15) is 0 Å². The van der Waals surface area contributed by atoms with Gasteiger partial charge in [0.2, 0.25) is 5.91 Å². The van der Waals surface area contributed by atoms with Crippen LogP contribution in [-0.4, -0.2) is 46.1 Å². The molecule has 1 aliphatic rings. The first-order valence-corrected chi connectivity index (χ1v) is 11.7. The average Bonchev–Trinajstić information content (AvgIpc) is 3.39. The number of carbonyl (C=O) groups is 3. The Labute approximate surface area is 190 Å². The van der Waals surface area contributed by atoms with E-state index in [1.807, 2.05) is 29.7 Å². The minimum Gasteiger partial charge on any atom is -0.462 e. The predicted molar refractivity (Wildman–Crippen MR) is 124 cm³/mol. The van der Waals surface area contributed by atoms with Crippen molar-refractivity contribution in [1.29, 1.82) is 0 Å². The van der Waals surface area contributed by atoms with E-state index in [0.29, 0.717) is 42.8 Å². The summed E-state index contributed by atoms with van der Waals surface area (Å²) in [5, 5.41) is 0.725. The molecule has 0 N–H and O–H groups in total. The van der Waals surface area contributed by atoms with Crippen LogP contribution in [-0.2, 0) is 16.1 Å². The van der Waals surface area contributed by atoms with Crippen LogP contribution in [0.5, 0.6) is 0 Å². The molecular weight excluding hydrogens is 426 g/mol. The number of imidazole rings is 1. The summed E-state index contributed by atoms with van der Waals surface area (Å²) in [4.78, 5) is 43.3. The molecule has 1 aliphatic heterocycles. The van der Waals surface area contributed by atoms with Crippen LogP contribution in [0, 0.1) is 0 Å². The first-order chi connectivity index (χ1) is 15.5. The summed E-state index contributed by atoms with van der Waals surface area (Å²) in [7, 11) is 0. The van der Waals surface area contributed by atoms with E-state index in [4.69, 9.17) is 4.74 Å². The second-order valence-electron chi connectivity index (χ2n) is 7.47. The molecule has 2 aromatic carbocycles. The average molecular weight is 452 g/mol. The van der Waals surface area contributed by atoms with Gasteiger partial charge in [-0.1, -0.05) is 23.9 Å². The number of aromatic nitrogens is 2. The van der Waals surface area contributed by atoms with Gasteiger partial charge in [0.15, 0.2) is 10.9 Å². The minimum absolute atomic E-state index is 0.0228. The van der Waals surface area contributed by atoms with Crippen LogP contribution >= 0.6 is 11.8 Å². The highest BCUT2D eigenvalue weighted by atomic mass is 32.2. The number of nitrogens with zero attached hydrogens (tertiary/aromatic N) is 3. The number of hydrogen-bond acceptors (Lipinski definition) is 6.